The standard InChI is InChI=1S/C8H7BrN2O2/c9-8-11-10-7(13-8)4-3-6-2-1-5-12-6/h1-2,5H,3-4H2. The molecule has 68 valence electrons. The van der Waals surface area contributed by atoms with Crippen molar-refractivity contribution in [3.8, 4) is 0 Å². The molecule has 2 aromatic rings. The first-order valence-electron chi connectivity index (χ1n) is 3.85. The minimum atomic E-state index is 0.418. The maximum Gasteiger partial charge on any atom is 0.284 e. The summed E-state index contributed by atoms with van der Waals surface area (Å²) in [5, 5.41) is 7.50. The Morgan fingerprint density at radius 3 is 2.85 bits per heavy atom. The Hall–Kier alpha value is -1.10. The first-order valence-corrected chi connectivity index (χ1v) is 4.64. The van der Waals surface area contributed by atoms with Gasteiger partial charge in [0.05, 0.1) is 6.26 Å². The van der Waals surface area contributed by atoms with Crippen LogP contribution in [0, 0.1) is 0 Å². The van der Waals surface area contributed by atoms with Gasteiger partial charge in [0.1, 0.15) is 5.76 Å². The average molecular weight is 243 g/mol. The van der Waals surface area contributed by atoms with Crippen molar-refractivity contribution in [2.45, 2.75) is 12.8 Å². The third kappa shape index (κ3) is 2.18. The molecule has 0 aliphatic rings. The minimum absolute atomic E-state index is 0.418. The molecule has 13 heavy (non-hydrogen) atoms. The predicted molar refractivity (Wildman–Crippen MR) is 48.1 cm³/mol. The van der Waals surface area contributed by atoms with Crippen LogP contribution in [0.15, 0.2) is 32.0 Å². The Morgan fingerprint density at radius 2 is 2.23 bits per heavy atom. The zero-order valence-electron chi connectivity index (χ0n) is 6.74. The van der Waals surface area contributed by atoms with Gasteiger partial charge < -0.3 is 8.83 Å². The normalized spacial score (nSPS) is 10.5. The Bertz CT molecular complexity index is 369. The Balaban J connectivity index is 1.93. The van der Waals surface area contributed by atoms with Gasteiger partial charge in [0, 0.05) is 28.8 Å². The summed E-state index contributed by atoms with van der Waals surface area (Å²) in [5.74, 6) is 1.54. The number of aryl methyl sites for hydroxylation is 2. The quantitative estimate of drug-likeness (QED) is 0.829. The highest BCUT2D eigenvalue weighted by Crippen LogP contribution is 2.10. The lowest BCUT2D eigenvalue weighted by Gasteiger charge is -1.90. The van der Waals surface area contributed by atoms with Crippen LogP contribution in [0.25, 0.3) is 0 Å². The molecule has 0 N–H and O–H groups in total. The molecule has 0 unspecified atom stereocenters. The van der Waals surface area contributed by atoms with Gasteiger partial charge in [-0.1, -0.05) is 0 Å². The van der Waals surface area contributed by atoms with Gasteiger partial charge in [0.15, 0.2) is 0 Å². The van der Waals surface area contributed by atoms with Gasteiger partial charge in [-0.2, -0.15) is 0 Å². The molecule has 5 heteroatoms. The summed E-state index contributed by atoms with van der Waals surface area (Å²) in [5.41, 5.74) is 0. The Morgan fingerprint density at radius 1 is 1.31 bits per heavy atom. The third-order valence-electron chi connectivity index (χ3n) is 1.61. The van der Waals surface area contributed by atoms with E-state index in [9.17, 15) is 0 Å². The lowest BCUT2D eigenvalue weighted by molar-refractivity contribution is 0.452. The molecular weight excluding hydrogens is 236 g/mol. The highest BCUT2D eigenvalue weighted by molar-refractivity contribution is 9.10. The molecule has 0 aromatic carbocycles. The molecule has 0 amide bonds. The van der Waals surface area contributed by atoms with Crippen molar-refractivity contribution in [3.05, 3.63) is 34.8 Å². The molecule has 0 bridgehead atoms. The maximum atomic E-state index is 5.16. The van der Waals surface area contributed by atoms with E-state index in [0.29, 0.717) is 17.1 Å². The van der Waals surface area contributed by atoms with Gasteiger partial charge in [-0.05, 0) is 12.1 Å². The fourth-order valence-electron chi connectivity index (χ4n) is 1.02. The fourth-order valence-corrected chi connectivity index (χ4v) is 1.29. The predicted octanol–water partition coefficient (Wildman–Crippen LogP) is 2.21. The van der Waals surface area contributed by atoms with Crippen molar-refractivity contribution >= 4 is 15.9 Å². The SMILES string of the molecule is Brc1nnc(CCc2ccco2)o1. The van der Waals surface area contributed by atoms with Crippen molar-refractivity contribution in [1.82, 2.24) is 10.2 Å². The monoisotopic (exact) mass is 242 g/mol. The third-order valence-corrected chi connectivity index (χ3v) is 1.93. The van der Waals surface area contributed by atoms with E-state index in [-0.39, 0.29) is 0 Å². The van der Waals surface area contributed by atoms with E-state index >= 15 is 0 Å². The largest absolute Gasteiger partial charge is 0.469 e. The minimum Gasteiger partial charge on any atom is -0.469 e. The Labute approximate surface area is 83.1 Å². The maximum absolute atomic E-state index is 5.16. The van der Waals surface area contributed by atoms with Gasteiger partial charge in [0.25, 0.3) is 4.80 Å². The van der Waals surface area contributed by atoms with Gasteiger partial charge >= 0.3 is 0 Å². The fraction of sp³-hybridized carbons (Fsp3) is 0.250. The van der Waals surface area contributed by atoms with Crippen LogP contribution in [-0.2, 0) is 12.8 Å². The first kappa shape index (κ1) is 8.50. The van der Waals surface area contributed by atoms with Gasteiger partial charge in [-0.3, -0.25) is 0 Å². The van der Waals surface area contributed by atoms with Crippen LogP contribution in [0.4, 0.5) is 0 Å². The number of hydrogen-bond donors (Lipinski definition) is 0. The molecule has 2 aromatic heterocycles. The van der Waals surface area contributed by atoms with Crippen molar-refractivity contribution in [3.63, 3.8) is 0 Å². The number of hydrogen-bond acceptors (Lipinski definition) is 4. The second kappa shape index (κ2) is 3.74. The zero-order valence-corrected chi connectivity index (χ0v) is 8.32. The smallest absolute Gasteiger partial charge is 0.284 e. The molecule has 0 fully saturated rings. The van der Waals surface area contributed by atoms with E-state index in [1.165, 1.54) is 0 Å². The second-order valence-corrected chi connectivity index (χ2v) is 3.21. The molecule has 2 rings (SSSR count). The van der Waals surface area contributed by atoms with Crippen molar-refractivity contribution < 1.29 is 8.83 Å². The van der Waals surface area contributed by atoms with E-state index in [2.05, 4.69) is 26.1 Å². The topological polar surface area (TPSA) is 52.1 Å². The molecule has 0 radical (unpaired) electrons. The first-order chi connectivity index (χ1) is 6.34. The Kier molecular flexibility index (Phi) is 2.44. The van der Waals surface area contributed by atoms with Crippen LogP contribution >= 0.6 is 15.9 Å². The van der Waals surface area contributed by atoms with E-state index in [0.717, 1.165) is 12.2 Å². The van der Waals surface area contributed by atoms with E-state index in [1.54, 1.807) is 6.26 Å². The van der Waals surface area contributed by atoms with Crippen molar-refractivity contribution in [1.29, 1.82) is 0 Å². The zero-order chi connectivity index (χ0) is 9.10. The van der Waals surface area contributed by atoms with Gasteiger partial charge in [-0.25, -0.2) is 0 Å². The van der Waals surface area contributed by atoms with Crippen molar-refractivity contribution in [2.75, 3.05) is 0 Å². The van der Waals surface area contributed by atoms with Crippen LogP contribution in [0.3, 0.4) is 0 Å². The van der Waals surface area contributed by atoms with Crippen molar-refractivity contribution in [2.24, 2.45) is 0 Å². The summed E-state index contributed by atoms with van der Waals surface area (Å²) in [6, 6.07) is 3.78. The lowest BCUT2D eigenvalue weighted by Crippen LogP contribution is -1.89. The van der Waals surface area contributed by atoms with E-state index < -0.39 is 0 Å². The molecule has 2 heterocycles. The molecular formula is C8H7BrN2O2. The molecule has 0 aliphatic heterocycles. The highest BCUT2D eigenvalue weighted by atomic mass is 79.9. The van der Waals surface area contributed by atoms with Gasteiger partial charge in [0.2, 0.25) is 5.89 Å². The van der Waals surface area contributed by atoms with Gasteiger partial charge in [-0.15, -0.1) is 10.2 Å². The summed E-state index contributed by atoms with van der Waals surface area (Å²) in [4.78, 5) is 0.418. The number of aromatic nitrogens is 2. The number of furan rings is 1. The summed E-state index contributed by atoms with van der Waals surface area (Å²) in [7, 11) is 0. The summed E-state index contributed by atoms with van der Waals surface area (Å²) < 4.78 is 10.3. The highest BCUT2D eigenvalue weighted by Gasteiger charge is 2.04. The second-order valence-electron chi connectivity index (χ2n) is 2.53. The summed E-state index contributed by atoms with van der Waals surface area (Å²) in [6.07, 6.45) is 3.13. The lowest BCUT2D eigenvalue weighted by atomic mass is 10.2. The van der Waals surface area contributed by atoms with E-state index in [1.807, 2.05) is 12.1 Å². The van der Waals surface area contributed by atoms with Crippen LogP contribution in [0.5, 0.6) is 0 Å². The van der Waals surface area contributed by atoms with Crippen LogP contribution < -0.4 is 0 Å². The van der Waals surface area contributed by atoms with Crippen LogP contribution in [0.2, 0.25) is 0 Å². The number of nitrogens with zero attached hydrogens (tertiary/aromatic N) is 2. The average Bonchev–Trinajstić information content (AvgIpc) is 2.71. The molecule has 0 spiro atoms. The molecule has 0 saturated heterocycles. The summed E-state index contributed by atoms with van der Waals surface area (Å²) in [6.45, 7) is 0. The number of halogens is 1. The van der Waals surface area contributed by atoms with E-state index in [4.69, 9.17) is 8.83 Å². The molecule has 0 saturated carbocycles. The molecule has 4 nitrogen and oxygen atoms in total. The summed E-state index contributed by atoms with van der Waals surface area (Å²) >= 11 is 3.09. The molecule has 0 aliphatic carbocycles. The van der Waals surface area contributed by atoms with Crippen LogP contribution in [0.1, 0.15) is 11.7 Å². The molecule has 0 atom stereocenters. The number of rotatable bonds is 3. The van der Waals surface area contributed by atoms with Crippen LogP contribution in [-0.4, -0.2) is 10.2 Å².